The number of nitrogens with zero attached hydrogens (tertiary/aromatic N) is 3. The minimum atomic E-state index is -0.489. The monoisotopic (exact) mass is 342 g/mol. The molecule has 0 radical (unpaired) electrons. The van der Waals surface area contributed by atoms with Gasteiger partial charge in [-0.1, -0.05) is 12.1 Å². The van der Waals surface area contributed by atoms with E-state index in [1.54, 1.807) is 17.0 Å². The van der Waals surface area contributed by atoms with Gasteiger partial charge < -0.3 is 15.0 Å². The largest absolute Gasteiger partial charge is 0.378 e. The molecule has 0 aliphatic carbocycles. The Morgan fingerprint density at radius 1 is 1.28 bits per heavy atom. The van der Waals surface area contributed by atoms with Crippen molar-refractivity contribution in [2.24, 2.45) is 0 Å². The van der Waals surface area contributed by atoms with Crippen LogP contribution in [0.3, 0.4) is 0 Å². The zero-order valence-corrected chi connectivity index (χ0v) is 13.6. The van der Waals surface area contributed by atoms with E-state index in [1.807, 2.05) is 18.2 Å². The molecule has 1 N–H and O–H groups in total. The number of hydrogen-bond donors (Lipinski definition) is 1. The number of benzene rings is 1. The number of morpholine rings is 1. The summed E-state index contributed by atoms with van der Waals surface area (Å²) in [7, 11) is 0. The van der Waals surface area contributed by atoms with Crippen LogP contribution in [0, 0.1) is 10.1 Å². The molecule has 3 rings (SSSR count). The van der Waals surface area contributed by atoms with E-state index in [0.717, 1.165) is 5.56 Å². The Hall–Kier alpha value is -3.00. The van der Waals surface area contributed by atoms with Gasteiger partial charge in [0.15, 0.2) is 0 Å². The van der Waals surface area contributed by atoms with Crippen LogP contribution in [0.1, 0.15) is 15.9 Å². The van der Waals surface area contributed by atoms with Crippen molar-refractivity contribution in [2.75, 3.05) is 31.6 Å². The first-order valence-corrected chi connectivity index (χ1v) is 7.94. The molecule has 0 spiro atoms. The Balaban J connectivity index is 1.63. The van der Waals surface area contributed by atoms with Crippen molar-refractivity contribution in [1.29, 1.82) is 0 Å². The third kappa shape index (κ3) is 4.30. The average Bonchev–Trinajstić information content (AvgIpc) is 2.67. The number of hydrogen-bond acceptors (Lipinski definition) is 6. The summed E-state index contributed by atoms with van der Waals surface area (Å²) >= 11 is 0. The van der Waals surface area contributed by atoms with Gasteiger partial charge in [-0.15, -0.1) is 0 Å². The van der Waals surface area contributed by atoms with Crippen molar-refractivity contribution in [1.82, 2.24) is 9.88 Å². The highest BCUT2D eigenvalue weighted by Gasteiger charge is 2.18. The van der Waals surface area contributed by atoms with Gasteiger partial charge in [0, 0.05) is 31.3 Å². The maximum atomic E-state index is 12.5. The summed E-state index contributed by atoms with van der Waals surface area (Å²) in [5.74, 6) is 0.536. The lowest BCUT2D eigenvalue weighted by Crippen LogP contribution is -2.40. The minimum Gasteiger partial charge on any atom is -0.378 e. The second-order valence-corrected chi connectivity index (χ2v) is 5.62. The van der Waals surface area contributed by atoms with Gasteiger partial charge in [-0.05, 0) is 23.8 Å². The number of aromatic nitrogens is 1. The number of nitro groups is 1. The molecule has 1 aliphatic heterocycles. The summed E-state index contributed by atoms with van der Waals surface area (Å²) in [5, 5.41) is 13.7. The van der Waals surface area contributed by atoms with Crippen LogP contribution in [0.15, 0.2) is 42.6 Å². The van der Waals surface area contributed by atoms with Crippen molar-refractivity contribution >= 4 is 17.4 Å². The number of anilines is 1. The van der Waals surface area contributed by atoms with Gasteiger partial charge in [-0.25, -0.2) is 4.98 Å². The fourth-order valence-corrected chi connectivity index (χ4v) is 2.55. The van der Waals surface area contributed by atoms with Gasteiger partial charge in [0.05, 0.1) is 18.1 Å². The topological polar surface area (TPSA) is 97.6 Å². The van der Waals surface area contributed by atoms with Crippen LogP contribution in [0.2, 0.25) is 0 Å². The van der Waals surface area contributed by atoms with Gasteiger partial charge in [0.2, 0.25) is 0 Å². The molecular weight excluding hydrogens is 324 g/mol. The number of carbonyl (C=O) groups excluding carboxylic acids is 1. The van der Waals surface area contributed by atoms with E-state index in [1.165, 1.54) is 12.3 Å². The smallest absolute Gasteiger partial charge is 0.287 e. The second-order valence-electron chi connectivity index (χ2n) is 5.62. The number of rotatable bonds is 5. The Kier molecular flexibility index (Phi) is 5.20. The molecule has 1 aromatic heterocycles. The van der Waals surface area contributed by atoms with E-state index < -0.39 is 4.92 Å². The maximum absolute atomic E-state index is 12.5. The summed E-state index contributed by atoms with van der Waals surface area (Å²) in [6, 6.07) is 10.3. The van der Waals surface area contributed by atoms with Gasteiger partial charge in [-0.2, -0.15) is 0 Å². The molecular formula is C17H18N4O4. The van der Waals surface area contributed by atoms with Crippen molar-refractivity contribution in [3.63, 3.8) is 0 Å². The summed E-state index contributed by atoms with van der Waals surface area (Å²) in [5.41, 5.74) is 1.51. The molecule has 0 atom stereocenters. The Bertz CT molecular complexity index is 757. The van der Waals surface area contributed by atoms with Crippen LogP contribution >= 0.6 is 0 Å². The highest BCUT2D eigenvalue weighted by Crippen LogP contribution is 2.14. The first kappa shape index (κ1) is 16.8. The van der Waals surface area contributed by atoms with Crippen molar-refractivity contribution < 1.29 is 14.5 Å². The lowest BCUT2D eigenvalue weighted by Gasteiger charge is -2.27. The molecule has 2 heterocycles. The predicted octanol–water partition coefficient (Wildman–Crippen LogP) is 2.07. The standard InChI is InChI=1S/C17H18N4O4/c22-17(20-6-8-25-9-7-20)14-3-1-2-13(10-14)11-18-16-5-4-15(12-19-16)21(23)24/h1-5,10,12H,6-9,11H2,(H,18,19). The molecule has 8 heteroatoms. The van der Waals surface area contributed by atoms with Crippen LogP contribution in [-0.4, -0.2) is 47.0 Å². The Morgan fingerprint density at radius 3 is 2.76 bits per heavy atom. The molecule has 0 bridgehead atoms. The van der Waals surface area contributed by atoms with Gasteiger partial charge in [0.1, 0.15) is 12.0 Å². The normalized spacial score (nSPS) is 14.2. The predicted molar refractivity (Wildman–Crippen MR) is 91.4 cm³/mol. The fourth-order valence-electron chi connectivity index (χ4n) is 2.55. The van der Waals surface area contributed by atoms with E-state index >= 15 is 0 Å². The molecule has 1 amide bonds. The summed E-state index contributed by atoms with van der Waals surface area (Å²) < 4.78 is 5.27. The van der Waals surface area contributed by atoms with Crippen LogP contribution in [0.25, 0.3) is 0 Å². The molecule has 0 unspecified atom stereocenters. The van der Waals surface area contributed by atoms with Crippen LogP contribution in [0.5, 0.6) is 0 Å². The molecule has 130 valence electrons. The van der Waals surface area contributed by atoms with E-state index in [4.69, 9.17) is 4.74 Å². The first-order chi connectivity index (χ1) is 12.1. The van der Waals surface area contributed by atoms with Crippen LogP contribution in [0.4, 0.5) is 11.5 Å². The molecule has 1 saturated heterocycles. The second kappa shape index (κ2) is 7.71. The molecule has 1 fully saturated rings. The minimum absolute atomic E-state index is 0.00129. The Morgan fingerprint density at radius 2 is 2.08 bits per heavy atom. The maximum Gasteiger partial charge on any atom is 0.287 e. The number of carbonyl (C=O) groups is 1. The van der Waals surface area contributed by atoms with Crippen molar-refractivity contribution in [2.45, 2.75) is 6.54 Å². The SMILES string of the molecule is O=C(c1cccc(CNc2ccc([N+](=O)[O-])cn2)c1)N1CCOCC1. The van der Waals surface area contributed by atoms with E-state index in [-0.39, 0.29) is 11.6 Å². The first-order valence-electron chi connectivity index (χ1n) is 7.94. The third-order valence-electron chi connectivity index (χ3n) is 3.90. The Labute approximate surface area is 144 Å². The molecule has 1 aromatic carbocycles. The molecule has 0 saturated carbocycles. The molecule has 8 nitrogen and oxygen atoms in total. The third-order valence-corrected chi connectivity index (χ3v) is 3.90. The highest BCUT2D eigenvalue weighted by molar-refractivity contribution is 5.94. The van der Waals surface area contributed by atoms with Crippen molar-refractivity contribution in [3.8, 4) is 0 Å². The zero-order valence-electron chi connectivity index (χ0n) is 13.6. The van der Waals surface area contributed by atoms with Crippen LogP contribution < -0.4 is 5.32 Å². The quantitative estimate of drug-likeness (QED) is 0.660. The number of nitrogens with one attached hydrogen (secondary N) is 1. The summed E-state index contributed by atoms with van der Waals surface area (Å²) in [6.07, 6.45) is 1.21. The van der Waals surface area contributed by atoms with E-state index in [9.17, 15) is 14.9 Å². The molecule has 25 heavy (non-hydrogen) atoms. The lowest BCUT2D eigenvalue weighted by atomic mass is 10.1. The van der Waals surface area contributed by atoms with Crippen molar-refractivity contribution in [3.05, 3.63) is 63.8 Å². The zero-order chi connectivity index (χ0) is 17.6. The van der Waals surface area contributed by atoms with E-state index in [2.05, 4.69) is 10.3 Å². The average molecular weight is 342 g/mol. The number of amides is 1. The molecule has 1 aliphatic rings. The highest BCUT2D eigenvalue weighted by atomic mass is 16.6. The van der Waals surface area contributed by atoms with Gasteiger partial charge in [0.25, 0.3) is 11.6 Å². The van der Waals surface area contributed by atoms with Gasteiger partial charge >= 0.3 is 0 Å². The fraction of sp³-hybridized carbons (Fsp3) is 0.294. The number of ether oxygens (including phenoxy) is 1. The summed E-state index contributed by atoms with van der Waals surface area (Å²) in [6.45, 7) is 2.81. The van der Waals surface area contributed by atoms with Crippen LogP contribution in [-0.2, 0) is 11.3 Å². The molecule has 2 aromatic rings. The van der Waals surface area contributed by atoms with E-state index in [0.29, 0.717) is 44.2 Å². The lowest BCUT2D eigenvalue weighted by molar-refractivity contribution is -0.385. The summed E-state index contributed by atoms with van der Waals surface area (Å²) in [4.78, 5) is 28.4. The number of pyridine rings is 1. The van der Waals surface area contributed by atoms with Gasteiger partial charge in [-0.3, -0.25) is 14.9 Å².